The van der Waals surface area contributed by atoms with Crippen LogP contribution in [-0.2, 0) is 13.0 Å². The van der Waals surface area contributed by atoms with E-state index in [1.165, 1.54) is 17.7 Å². The van der Waals surface area contributed by atoms with Crippen LogP contribution < -0.4 is 9.47 Å². The summed E-state index contributed by atoms with van der Waals surface area (Å²) in [6.07, 6.45) is 6.74. The van der Waals surface area contributed by atoms with Crippen molar-refractivity contribution in [2.24, 2.45) is 16.8 Å². The average Bonchev–Trinajstić information content (AvgIpc) is 3.68. The number of aliphatic imine (C=N–C) groups is 1. The molecule has 3 atom stereocenters. The van der Waals surface area contributed by atoms with Crippen molar-refractivity contribution in [3.63, 3.8) is 0 Å². The van der Waals surface area contributed by atoms with Gasteiger partial charge < -0.3 is 9.47 Å². The molecule has 0 bridgehead atoms. The van der Waals surface area contributed by atoms with Crippen LogP contribution in [0.3, 0.4) is 0 Å². The zero-order chi connectivity index (χ0) is 27.6. The lowest BCUT2D eigenvalue weighted by Crippen LogP contribution is -2.30. The largest absolute Gasteiger partial charge is 0.493 e. The summed E-state index contributed by atoms with van der Waals surface area (Å²) in [6, 6.07) is 17.2. The molecule has 40 heavy (non-hydrogen) atoms. The molecule has 0 radical (unpaired) electrons. The SMILES string of the molecule is CCOc1cc(CN2CC[C@H]3C(CC(=O)c4ccc5c(c4)N=CC5)CC[C@H]32)cc(OCC)c1-c1ccc(F)cc1. The van der Waals surface area contributed by atoms with Gasteiger partial charge in [-0.3, -0.25) is 14.7 Å². The Labute approximate surface area is 236 Å². The van der Waals surface area contributed by atoms with Gasteiger partial charge in [-0.25, -0.2) is 4.39 Å². The van der Waals surface area contributed by atoms with Crippen molar-refractivity contribution < 1.29 is 18.7 Å². The number of carbonyl (C=O) groups is 1. The third-order valence-corrected chi connectivity index (χ3v) is 8.79. The van der Waals surface area contributed by atoms with Crippen molar-refractivity contribution in [1.82, 2.24) is 4.90 Å². The number of fused-ring (bicyclic) bond motifs is 2. The van der Waals surface area contributed by atoms with Crippen LogP contribution in [0.15, 0.2) is 59.6 Å². The molecule has 2 fully saturated rings. The normalized spacial score (nSPS) is 21.4. The van der Waals surface area contributed by atoms with Crippen molar-refractivity contribution in [2.45, 2.75) is 58.5 Å². The molecule has 2 aliphatic heterocycles. The third-order valence-electron chi connectivity index (χ3n) is 8.79. The van der Waals surface area contributed by atoms with E-state index in [1.54, 1.807) is 12.1 Å². The Kier molecular flexibility index (Phi) is 7.70. The molecule has 0 spiro atoms. The number of likely N-dealkylation sites (tertiary alicyclic amines) is 1. The first-order valence-electron chi connectivity index (χ1n) is 14.6. The van der Waals surface area contributed by atoms with E-state index in [9.17, 15) is 9.18 Å². The van der Waals surface area contributed by atoms with E-state index in [0.29, 0.717) is 37.5 Å². The van der Waals surface area contributed by atoms with Crippen LogP contribution in [0.5, 0.6) is 11.5 Å². The van der Waals surface area contributed by atoms with Crippen molar-refractivity contribution in [3.05, 3.63) is 77.1 Å². The van der Waals surface area contributed by atoms with Crippen LogP contribution >= 0.6 is 0 Å². The molecule has 3 aromatic rings. The summed E-state index contributed by atoms with van der Waals surface area (Å²) >= 11 is 0. The molecule has 6 rings (SSSR count). The molecule has 3 aliphatic rings. The number of Topliss-reactive ketones (excluding diaryl/α,β-unsaturated/α-hetero) is 1. The molecule has 0 aromatic heterocycles. The second-order valence-electron chi connectivity index (χ2n) is 11.2. The average molecular weight is 541 g/mol. The Balaban J connectivity index is 1.18. The smallest absolute Gasteiger partial charge is 0.163 e. The molecule has 6 heteroatoms. The molecule has 0 N–H and O–H groups in total. The summed E-state index contributed by atoms with van der Waals surface area (Å²) in [6.45, 7) is 6.86. The van der Waals surface area contributed by atoms with Gasteiger partial charge in [0.2, 0.25) is 0 Å². The first kappa shape index (κ1) is 26.7. The lowest BCUT2D eigenvalue weighted by Gasteiger charge is -2.25. The molecule has 1 unspecified atom stereocenters. The van der Waals surface area contributed by atoms with Crippen molar-refractivity contribution in [3.8, 4) is 22.6 Å². The number of halogens is 1. The van der Waals surface area contributed by atoms with Gasteiger partial charge in [-0.05, 0) is 98.5 Å². The van der Waals surface area contributed by atoms with Crippen LogP contribution in [0.2, 0.25) is 0 Å². The van der Waals surface area contributed by atoms with Gasteiger partial charge in [0.05, 0.1) is 24.5 Å². The Bertz CT molecular complexity index is 1390. The highest BCUT2D eigenvalue weighted by molar-refractivity contribution is 5.97. The van der Waals surface area contributed by atoms with E-state index < -0.39 is 0 Å². The number of hydrogen-bond acceptors (Lipinski definition) is 5. The van der Waals surface area contributed by atoms with E-state index >= 15 is 0 Å². The van der Waals surface area contributed by atoms with Gasteiger partial charge in [-0.2, -0.15) is 0 Å². The van der Waals surface area contributed by atoms with E-state index in [1.807, 2.05) is 32.2 Å². The number of nitrogens with zero attached hydrogens (tertiary/aromatic N) is 2. The Morgan fingerprint density at radius 3 is 2.45 bits per heavy atom. The fraction of sp³-hybridized carbons (Fsp3) is 0.412. The summed E-state index contributed by atoms with van der Waals surface area (Å²) in [5.41, 5.74) is 5.84. The molecular weight excluding hydrogens is 503 g/mol. The molecule has 5 nitrogen and oxygen atoms in total. The minimum absolute atomic E-state index is 0.244. The number of ketones is 1. The third kappa shape index (κ3) is 5.29. The second kappa shape index (κ2) is 11.5. The van der Waals surface area contributed by atoms with Crippen LogP contribution in [0, 0.1) is 17.7 Å². The molecule has 3 aromatic carbocycles. The topological polar surface area (TPSA) is 51.1 Å². The highest BCUT2D eigenvalue weighted by Gasteiger charge is 2.44. The summed E-state index contributed by atoms with van der Waals surface area (Å²) in [5, 5.41) is 0. The van der Waals surface area contributed by atoms with Gasteiger partial charge in [0, 0.05) is 37.2 Å². The number of ether oxygens (including phenoxy) is 2. The van der Waals surface area contributed by atoms with Gasteiger partial charge in [0.1, 0.15) is 17.3 Å². The van der Waals surface area contributed by atoms with Gasteiger partial charge in [-0.15, -0.1) is 0 Å². The highest BCUT2D eigenvalue weighted by atomic mass is 19.1. The quantitative estimate of drug-likeness (QED) is 0.251. The Hall–Kier alpha value is -3.51. The molecular formula is C34H37FN2O3. The van der Waals surface area contributed by atoms with E-state index in [2.05, 4.69) is 28.1 Å². The van der Waals surface area contributed by atoms with Gasteiger partial charge in [-0.1, -0.05) is 24.3 Å². The molecule has 2 heterocycles. The lowest BCUT2D eigenvalue weighted by atomic mass is 9.87. The number of benzene rings is 3. The summed E-state index contributed by atoms with van der Waals surface area (Å²) in [4.78, 5) is 20.2. The van der Waals surface area contributed by atoms with Gasteiger partial charge in [0.25, 0.3) is 0 Å². The van der Waals surface area contributed by atoms with E-state index in [4.69, 9.17) is 9.47 Å². The van der Waals surface area contributed by atoms with Crippen LogP contribution in [-0.4, -0.2) is 42.7 Å². The van der Waals surface area contributed by atoms with Crippen molar-refractivity contribution >= 4 is 17.7 Å². The van der Waals surface area contributed by atoms with Crippen LogP contribution in [0.25, 0.3) is 11.1 Å². The maximum absolute atomic E-state index is 13.6. The predicted molar refractivity (Wildman–Crippen MR) is 156 cm³/mol. The maximum Gasteiger partial charge on any atom is 0.163 e. The lowest BCUT2D eigenvalue weighted by molar-refractivity contribution is 0.0949. The first-order valence-corrected chi connectivity index (χ1v) is 14.6. The van der Waals surface area contributed by atoms with Crippen molar-refractivity contribution in [1.29, 1.82) is 0 Å². The Morgan fingerprint density at radius 1 is 0.975 bits per heavy atom. The number of rotatable bonds is 10. The monoisotopic (exact) mass is 540 g/mol. The van der Waals surface area contributed by atoms with Gasteiger partial charge >= 0.3 is 0 Å². The fourth-order valence-electron chi connectivity index (χ4n) is 6.98. The molecule has 1 aliphatic carbocycles. The second-order valence-corrected chi connectivity index (χ2v) is 11.2. The summed E-state index contributed by atoms with van der Waals surface area (Å²) in [5.74, 6) is 2.48. The minimum atomic E-state index is -0.266. The Morgan fingerprint density at radius 2 is 1.73 bits per heavy atom. The standard InChI is InChI=1S/C34H37FN2O3/c1-3-39-32-17-22(18-33(40-4-2)34(32)24-7-10-27(35)11-8-24)21-37-16-14-28-25(9-12-30(28)37)20-31(38)26-6-5-23-13-15-36-29(23)19-26/h5-8,10-11,15,17-19,25,28,30H,3-4,9,12-14,16,20-21H2,1-2H3/t25?,28-,30+/m0/s1. The van der Waals surface area contributed by atoms with Crippen molar-refractivity contribution in [2.75, 3.05) is 19.8 Å². The summed E-state index contributed by atoms with van der Waals surface area (Å²) in [7, 11) is 0. The number of hydrogen-bond donors (Lipinski definition) is 0. The van der Waals surface area contributed by atoms with E-state index in [0.717, 1.165) is 78.2 Å². The maximum atomic E-state index is 13.6. The van der Waals surface area contributed by atoms with Crippen LogP contribution in [0.4, 0.5) is 10.1 Å². The first-order chi connectivity index (χ1) is 19.5. The van der Waals surface area contributed by atoms with Gasteiger partial charge in [0.15, 0.2) is 5.78 Å². The minimum Gasteiger partial charge on any atom is -0.493 e. The molecule has 1 saturated heterocycles. The number of carbonyl (C=O) groups excluding carboxylic acids is 1. The summed E-state index contributed by atoms with van der Waals surface area (Å²) < 4.78 is 25.8. The molecule has 0 amide bonds. The predicted octanol–water partition coefficient (Wildman–Crippen LogP) is 7.42. The van der Waals surface area contributed by atoms with E-state index in [-0.39, 0.29) is 11.6 Å². The fourth-order valence-corrected chi connectivity index (χ4v) is 6.98. The van der Waals surface area contributed by atoms with Crippen LogP contribution in [0.1, 0.15) is 61.0 Å². The molecule has 1 saturated carbocycles. The molecule has 208 valence electrons. The zero-order valence-electron chi connectivity index (χ0n) is 23.4. The zero-order valence-corrected chi connectivity index (χ0v) is 23.4. The highest BCUT2D eigenvalue weighted by Crippen LogP contribution is 2.46.